The van der Waals surface area contributed by atoms with E-state index in [4.69, 9.17) is 0 Å². The molecule has 154 valence electrons. The molecule has 7 heteroatoms. The van der Waals surface area contributed by atoms with Gasteiger partial charge in [-0.05, 0) is 56.2 Å². The molecule has 3 aromatic rings. The van der Waals surface area contributed by atoms with Crippen LogP contribution < -0.4 is 10.2 Å². The SMILES string of the molecule is CC(=O)N1c2ccc(C(=O)O)cc2C(Nc2ccc(-c3csc(C)n3)cc2)CC1C. The van der Waals surface area contributed by atoms with Gasteiger partial charge in [0.1, 0.15) is 0 Å². The molecule has 0 spiro atoms. The van der Waals surface area contributed by atoms with Crippen LogP contribution >= 0.6 is 11.3 Å². The Balaban J connectivity index is 1.65. The highest BCUT2D eigenvalue weighted by Gasteiger charge is 2.33. The number of nitrogens with zero attached hydrogens (tertiary/aromatic N) is 2. The monoisotopic (exact) mass is 421 g/mol. The van der Waals surface area contributed by atoms with Crippen molar-refractivity contribution >= 4 is 34.6 Å². The van der Waals surface area contributed by atoms with Crippen LogP contribution in [0.3, 0.4) is 0 Å². The zero-order valence-corrected chi connectivity index (χ0v) is 17.9. The largest absolute Gasteiger partial charge is 0.478 e. The van der Waals surface area contributed by atoms with E-state index in [1.54, 1.807) is 34.4 Å². The summed E-state index contributed by atoms with van der Waals surface area (Å²) in [7, 11) is 0. The Kier molecular flexibility index (Phi) is 5.30. The van der Waals surface area contributed by atoms with Crippen LogP contribution in [0.15, 0.2) is 47.8 Å². The molecule has 1 amide bonds. The Morgan fingerprint density at radius 2 is 1.93 bits per heavy atom. The van der Waals surface area contributed by atoms with Crippen LogP contribution in [0.4, 0.5) is 11.4 Å². The average molecular weight is 422 g/mol. The molecule has 30 heavy (non-hydrogen) atoms. The van der Waals surface area contributed by atoms with Gasteiger partial charge in [-0.25, -0.2) is 9.78 Å². The van der Waals surface area contributed by atoms with E-state index in [9.17, 15) is 14.7 Å². The molecule has 0 radical (unpaired) electrons. The number of rotatable bonds is 4. The summed E-state index contributed by atoms with van der Waals surface area (Å²) in [4.78, 5) is 30.0. The molecule has 0 aliphatic carbocycles. The lowest BCUT2D eigenvalue weighted by Crippen LogP contribution is -2.43. The number of aromatic carboxylic acids is 1. The normalized spacial score (nSPS) is 18.0. The number of carboxylic acid groups (broad SMARTS) is 1. The number of anilines is 2. The first kappa shape index (κ1) is 20.1. The third-order valence-electron chi connectivity index (χ3n) is 5.41. The summed E-state index contributed by atoms with van der Waals surface area (Å²) in [6, 6.07) is 12.9. The quantitative estimate of drug-likeness (QED) is 0.611. The minimum Gasteiger partial charge on any atom is -0.478 e. The van der Waals surface area contributed by atoms with E-state index in [-0.39, 0.29) is 23.6 Å². The molecule has 2 unspecified atom stereocenters. The molecule has 2 atom stereocenters. The van der Waals surface area contributed by atoms with Crippen LogP contribution in [0.2, 0.25) is 0 Å². The molecule has 0 bridgehead atoms. The van der Waals surface area contributed by atoms with Gasteiger partial charge in [-0.1, -0.05) is 12.1 Å². The summed E-state index contributed by atoms with van der Waals surface area (Å²) in [5, 5.41) is 16.0. The van der Waals surface area contributed by atoms with Crippen molar-refractivity contribution in [3.05, 3.63) is 64.0 Å². The van der Waals surface area contributed by atoms with Crippen LogP contribution in [0, 0.1) is 6.92 Å². The number of hydrogen-bond acceptors (Lipinski definition) is 5. The molecule has 1 aliphatic heterocycles. The van der Waals surface area contributed by atoms with E-state index in [2.05, 4.69) is 10.3 Å². The number of thiazole rings is 1. The smallest absolute Gasteiger partial charge is 0.335 e. The van der Waals surface area contributed by atoms with Gasteiger partial charge in [-0.15, -0.1) is 11.3 Å². The highest BCUT2D eigenvalue weighted by Crippen LogP contribution is 2.39. The summed E-state index contributed by atoms with van der Waals surface area (Å²) >= 11 is 1.62. The van der Waals surface area contributed by atoms with Crippen molar-refractivity contribution in [3.8, 4) is 11.3 Å². The molecule has 2 heterocycles. The first-order valence-corrected chi connectivity index (χ1v) is 10.7. The molecule has 6 nitrogen and oxygen atoms in total. The number of aromatic nitrogens is 1. The van der Waals surface area contributed by atoms with E-state index in [0.717, 1.165) is 33.2 Å². The van der Waals surface area contributed by atoms with Crippen molar-refractivity contribution in [2.45, 2.75) is 39.3 Å². The molecular formula is C23H23N3O3S. The molecule has 0 fully saturated rings. The fourth-order valence-electron chi connectivity index (χ4n) is 4.05. The maximum atomic E-state index is 12.2. The highest BCUT2D eigenvalue weighted by molar-refractivity contribution is 7.09. The number of benzene rings is 2. The summed E-state index contributed by atoms with van der Waals surface area (Å²) < 4.78 is 0. The maximum absolute atomic E-state index is 12.2. The second-order valence-corrected chi connectivity index (χ2v) is 8.64. The van der Waals surface area contributed by atoms with Crippen molar-refractivity contribution < 1.29 is 14.7 Å². The Morgan fingerprint density at radius 1 is 1.20 bits per heavy atom. The van der Waals surface area contributed by atoms with Gasteiger partial charge in [0.25, 0.3) is 0 Å². The molecule has 2 aromatic carbocycles. The average Bonchev–Trinajstić information content (AvgIpc) is 3.14. The van der Waals surface area contributed by atoms with Gasteiger partial charge in [0.15, 0.2) is 0 Å². The number of nitrogens with one attached hydrogen (secondary N) is 1. The minimum absolute atomic E-state index is 0.000401. The van der Waals surface area contributed by atoms with Gasteiger partial charge in [-0.3, -0.25) is 4.79 Å². The van der Waals surface area contributed by atoms with Crippen molar-refractivity contribution in [3.63, 3.8) is 0 Å². The second-order valence-electron chi connectivity index (χ2n) is 7.58. The van der Waals surface area contributed by atoms with Crippen molar-refractivity contribution in [2.24, 2.45) is 0 Å². The molecule has 1 aliphatic rings. The third-order valence-corrected chi connectivity index (χ3v) is 6.18. The first-order valence-electron chi connectivity index (χ1n) is 9.79. The van der Waals surface area contributed by atoms with Crippen LogP contribution in [0.25, 0.3) is 11.3 Å². The van der Waals surface area contributed by atoms with E-state index < -0.39 is 5.97 Å². The van der Waals surface area contributed by atoms with Gasteiger partial charge >= 0.3 is 5.97 Å². The predicted molar refractivity (Wildman–Crippen MR) is 119 cm³/mol. The van der Waals surface area contributed by atoms with Gasteiger partial charge in [0.2, 0.25) is 5.91 Å². The van der Waals surface area contributed by atoms with Gasteiger partial charge in [-0.2, -0.15) is 0 Å². The van der Waals surface area contributed by atoms with Crippen LogP contribution in [-0.2, 0) is 4.79 Å². The minimum atomic E-state index is -0.979. The lowest BCUT2D eigenvalue weighted by atomic mass is 9.90. The maximum Gasteiger partial charge on any atom is 0.335 e. The topological polar surface area (TPSA) is 82.5 Å². The van der Waals surface area contributed by atoms with Crippen molar-refractivity contribution in [1.82, 2.24) is 4.98 Å². The standard InChI is InChI=1S/C23H23N3O3S/c1-13-10-20(19-11-17(23(28)29)6-9-22(19)26(13)15(3)27)25-18-7-4-16(5-8-18)21-12-30-14(2)24-21/h4-9,11-13,20,25H,10H2,1-3H3,(H,28,29). The number of fused-ring (bicyclic) bond motifs is 1. The van der Waals surface area contributed by atoms with Crippen molar-refractivity contribution in [2.75, 3.05) is 10.2 Å². The fraction of sp³-hybridized carbons (Fsp3) is 0.261. The van der Waals surface area contributed by atoms with Crippen LogP contribution in [-0.4, -0.2) is 28.0 Å². The Hall–Kier alpha value is -3.19. The number of aryl methyl sites for hydroxylation is 1. The van der Waals surface area contributed by atoms with Gasteiger partial charge < -0.3 is 15.3 Å². The van der Waals surface area contributed by atoms with E-state index in [1.165, 1.54) is 6.92 Å². The first-order chi connectivity index (χ1) is 14.3. The molecule has 4 rings (SSSR count). The molecule has 2 N–H and O–H groups in total. The Bertz CT molecular complexity index is 1110. The van der Waals surface area contributed by atoms with Crippen molar-refractivity contribution in [1.29, 1.82) is 0 Å². The summed E-state index contributed by atoms with van der Waals surface area (Å²) in [6.07, 6.45) is 0.683. The Morgan fingerprint density at radius 3 is 2.53 bits per heavy atom. The Labute approximate surface area is 179 Å². The zero-order chi connectivity index (χ0) is 21.4. The molecule has 0 saturated carbocycles. The lowest BCUT2D eigenvalue weighted by Gasteiger charge is -2.39. The number of carbonyl (C=O) groups is 2. The van der Waals surface area contributed by atoms with Gasteiger partial charge in [0.05, 0.1) is 22.3 Å². The van der Waals surface area contributed by atoms with Gasteiger partial charge in [0, 0.05) is 35.3 Å². The number of carboxylic acids is 1. The van der Waals surface area contributed by atoms with E-state index >= 15 is 0 Å². The summed E-state index contributed by atoms with van der Waals surface area (Å²) in [5.41, 5.74) is 4.75. The third kappa shape index (κ3) is 3.80. The van der Waals surface area contributed by atoms with Crippen LogP contribution in [0.5, 0.6) is 0 Å². The zero-order valence-electron chi connectivity index (χ0n) is 17.0. The van der Waals surface area contributed by atoms with E-state index in [1.807, 2.05) is 43.5 Å². The predicted octanol–water partition coefficient (Wildman–Crippen LogP) is 5.12. The molecular weight excluding hydrogens is 398 g/mol. The second kappa shape index (κ2) is 7.91. The van der Waals surface area contributed by atoms with Crippen LogP contribution in [0.1, 0.15) is 47.2 Å². The van der Waals surface area contributed by atoms with E-state index in [0.29, 0.717) is 6.42 Å². The number of carbonyl (C=O) groups excluding carboxylic acids is 1. The molecule has 1 aromatic heterocycles. The summed E-state index contributed by atoms with van der Waals surface area (Å²) in [6.45, 7) is 5.54. The number of hydrogen-bond donors (Lipinski definition) is 2. The molecule has 0 saturated heterocycles. The highest BCUT2D eigenvalue weighted by atomic mass is 32.1. The number of amides is 1. The fourth-order valence-corrected chi connectivity index (χ4v) is 4.67. The summed E-state index contributed by atoms with van der Waals surface area (Å²) in [5.74, 6) is -1.03. The lowest BCUT2D eigenvalue weighted by molar-refractivity contribution is -0.117.